The van der Waals surface area contributed by atoms with E-state index in [2.05, 4.69) is 15.3 Å². The summed E-state index contributed by atoms with van der Waals surface area (Å²) in [6, 6.07) is 14.5. The fourth-order valence-electron chi connectivity index (χ4n) is 2.42. The van der Waals surface area contributed by atoms with Crippen LogP contribution in [0.2, 0.25) is 0 Å². The van der Waals surface area contributed by atoms with Gasteiger partial charge in [-0.3, -0.25) is 4.79 Å². The lowest BCUT2D eigenvalue weighted by molar-refractivity contribution is -0.115. The van der Waals surface area contributed by atoms with E-state index >= 15 is 0 Å². The van der Waals surface area contributed by atoms with Crippen molar-refractivity contribution in [1.82, 2.24) is 9.97 Å². The Kier molecular flexibility index (Phi) is 4.33. The molecule has 0 unspecified atom stereocenters. The normalized spacial score (nSPS) is 10.6. The van der Waals surface area contributed by atoms with Gasteiger partial charge in [0.1, 0.15) is 11.6 Å². The number of H-pyrrole nitrogens is 1. The first-order chi connectivity index (χ1) is 11.5. The van der Waals surface area contributed by atoms with Crippen molar-refractivity contribution in [2.75, 3.05) is 5.32 Å². The largest absolute Gasteiger partial charge is 0.508 e. The number of aryl methyl sites for hydroxylation is 2. The van der Waals surface area contributed by atoms with Crippen LogP contribution in [0.3, 0.4) is 0 Å². The van der Waals surface area contributed by atoms with Gasteiger partial charge in [-0.2, -0.15) is 0 Å². The molecule has 0 saturated carbocycles. The van der Waals surface area contributed by atoms with E-state index in [9.17, 15) is 9.90 Å². The smallest absolute Gasteiger partial charge is 0.230 e. The maximum absolute atomic E-state index is 12.2. The summed E-state index contributed by atoms with van der Waals surface area (Å²) in [7, 11) is 0. The molecule has 5 heteroatoms. The number of benzene rings is 2. The summed E-state index contributed by atoms with van der Waals surface area (Å²) in [6.07, 6.45) is 0.190. The molecule has 1 heterocycles. The highest BCUT2D eigenvalue weighted by atomic mass is 16.3. The molecule has 24 heavy (non-hydrogen) atoms. The second-order valence-electron chi connectivity index (χ2n) is 5.79. The molecule has 3 aromatic rings. The van der Waals surface area contributed by atoms with Crippen LogP contribution in [0.15, 0.2) is 48.5 Å². The van der Waals surface area contributed by atoms with Crippen LogP contribution < -0.4 is 5.32 Å². The van der Waals surface area contributed by atoms with Crippen LogP contribution in [0.4, 0.5) is 5.69 Å². The van der Waals surface area contributed by atoms with Crippen molar-refractivity contribution in [3.05, 3.63) is 65.5 Å². The van der Waals surface area contributed by atoms with Gasteiger partial charge in [0, 0.05) is 16.9 Å². The van der Waals surface area contributed by atoms with Gasteiger partial charge in [0.15, 0.2) is 0 Å². The minimum atomic E-state index is -0.147. The molecule has 122 valence electrons. The predicted molar refractivity (Wildman–Crippen MR) is 93.9 cm³/mol. The topological polar surface area (TPSA) is 78.0 Å². The number of rotatable bonds is 4. The highest BCUT2D eigenvalue weighted by molar-refractivity contribution is 5.92. The first kappa shape index (κ1) is 15.8. The Morgan fingerprint density at radius 3 is 2.42 bits per heavy atom. The van der Waals surface area contributed by atoms with E-state index in [0.29, 0.717) is 5.69 Å². The van der Waals surface area contributed by atoms with Crippen LogP contribution in [-0.2, 0) is 11.2 Å². The molecule has 3 rings (SSSR count). The van der Waals surface area contributed by atoms with Crippen molar-refractivity contribution >= 4 is 11.6 Å². The molecule has 0 aliphatic rings. The van der Waals surface area contributed by atoms with Crippen LogP contribution in [0.5, 0.6) is 5.75 Å². The van der Waals surface area contributed by atoms with E-state index in [-0.39, 0.29) is 18.1 Å². The van der Waals surface area contributed by atoms with E-state index in [4.69, 9.17) is 0 Å². The van der Waals surface area contributed by atoms with Crippen LogP contribution in [0, 0.1) is 13.8 Å². The molecule has 2 aromatic carbocycles. The number of aromatic amines is 1. The fraction of sp³-hybridized carbons (Fsp3) is 0.158. The molecule has 3 N–H and O–H groups in total. The Balaban J connectivity index is 1.72. The zero-order valence-electron chi connectivity index (χ0n) is 13.6. The van der Waals surface area contributed by atoms with E-state index in [0.717, 1.165) is 22.8 Å². The standard InChI is InChI=1S/C19H19N3O2/c1-12-3-5-14(6-4-12)19-20-13(2)17(22-19)11-18(24)21-15-7-9-16(23)10-8-15/h3-10,23H,11H2,1-2H3,(H,20,22)(H,21,24). The summed E-state index contributed by atoms with van der Waals surface area (Å²) in [5.41, 5.74) is 4.43. The quantitative estimate of drug-likeness (QED) is 0.643. The molecule has 1 aromatic heterocycles. The van der Waals surface area contributed by atoms with Crippen molar-refractivity contribution in [3.63, 3.8) is 0 Å². The third-order valence-electron chi connectivity index (χ3n) is 3.79. The SMILES string of the molecule is Cc1ccc(-c2nc(CC(=O)Nc3ccc(O)cc3)c(C)[nH]2)cc1. The molecule has 0 aliphatic heterocycles. The van der Waals surface area contributed by atoms with Crippen molar-refractivity contribution in [1.29, 1.82) is 0 Å². The lowest BCUT2D eigenvalue weighted by atomic mass is 10.1. The number of imidazole rings is 1. The van der Waals surface area contributed by atoms with E-state index < -0.39 is 0 Å². The number of nitrogens with zero attached hydrogens (tertiary/aromatic N) is 1. The maximum Gasteiger partial charge on any atom is 0.230 e. The zero-order valence-corrected chi connectivity index (χ0v) is 13.6. The minimum absolute atomic E-state index is 0.147. The first-order valence-electron chi connectivity index (χ1n) is 7.72. The van der Waals surface area contributed by atoms with Crippen molar-refractivity contribution in [2.24, 2.45) is 0 Å². The van der Waals surface area contributed by atoms with E-state index in [1.54, 1.807) is 12.1 Å². The molecule has 0 spiro atoms. The predicted octanol–water partition coefficient (Wildman–Crippen LogP) is 3.58. The number of amides is 1. The highest BCUT2D eigenvalue weighted by Gasteiger charge is 2.12. The van der Waals surface area contributed by atoms with E-state index in [1.807, 2.05) is 38.1 Å². The second kappa shape index (κ2) is 6.58. The second-order valence-corrected chi connectivity index (χ2v) is 5.79. The van der Waals surface area contributed by atoms with Crippen molar-refractivity contribution < 1.29 is 9.90 Å². The zero-order chi connectivity index (χ0) is 17.1. The van der Waals surface area contributed by atoms with Crippen LogP contribution in [0.1, 0.15) is 17.0 Å². The highest BCUT2D eigenvalue weighted by Crippen LogP contribution is 2.19. The third-order valence-corrected chi connectivity index (χ3v) is 3.79. The number of anilines is 1. The number of phenols is 1. The van der Waals surface area contributed by atoms with Crippen LogP contribution in [-0.4, -0.2) is 21.0 Å². The number of hydrogen-bond donors (Lipinski definition) is 3. The van der Waals surface area contributed by atoms with Gasteiger partial charge >= 0.3 is 0 Å². The van der Waals surface area contributed by atoms with Gasteiger partial charge in [-0.15, -0.1) is 0 Å². The Hall–Kier alpha value is -3.08. The van der Waals surface area contributed by atoms with Crippen molar-refractivity contribution in [3.8, 4) is 17.1 Å². The molecule has 0 saturated heterocycles. The fourth-order valence-corrected chi connectivity index (χ4v) is 2.42. The van der Waals surface area contributed by atoms with Gasteiger partial charge in [-0.05, 0) is 38.1 Å². The van der Waals surface area contributed by atoms with E-state index in [1.165, 1.54) is 17.7 Å². The lowest BCUT2D eigenvalue weighted by Gasteiger charge is -2.04. The number of phenolic OH excluding ortho intramolecular Hbond substituents is 1. The summed E-state index contributed by atoms with van der Waals surface area (Å²) >= 11 is 0. The van der Waals surface area contributed by atoms with Gasteiger partial charge < -0.3 is 15.4 Å². The van der Waals surface area contributed by atoms with Gasteiger partial charge in [0.05, 0.1) is 12.1 Å². The molecular weight excluding hydrogens is 302 g/mol. The average Bonchev–Trinajstić information content (AvgIpc) is 2.91. The molecule has 0 atom stereocenters. The molecule has 0 fully saturated rings. The first-order valence-corrected chi connectivity index (χ1v) is 7.72. The third kappa shape index (κ3) is 3.63. The van der Waals surface area contributed by atoms with Gasteiger partial charge in [-0.1, -0.05) is 29.8 Å². The minimum Gasteiger partial charge on any atom is -0.508 e. The number of carbonyl (C=O) groups is 1. The van der Waals surface area contributed by atoms with Crippen molar-refractivity contribution in [2.45, 2.75) is 20.3 Å². The molecule has 0 radical (unpaired) electrons. The summed E-state index contributed by atoms with van der Waals surface area (Å²) in [5, 5.41) is 12.1. The van der Waals surface area contributed by atoms with Crippen LogP contribution in [0.25, 0.3) is 11.4 Å². The van der Waals surface area contributed by atoms with Crippen LogP contribution >= 0.6 is 0 Å². The Labute approximate surface area is 140 Å². The summed E-state index contributed by atoms with van der Waals surface area (Å²) in [6.45, 7) is 3.95. The summed E-state index contributed by atoms with van der Waals surface area (Å²) < 4.78 is 0. The number of aromatic hydroxyl groups is 1. The lowest BCUT2D eigenvalue weighted by Crippen LogP contribution is -2.15. The number of carbonyl (C=O) groups excluding carboxylic acids is 1. The molecule has 0 bridgehead atoms. The summed E-state index contributed by atoms with van der Waals surface area (Å²) in [4.78, 5) is 20.0. The molecular formula is C19H19N3O2. The molecule has 5 nitrogen and oxygen atoms in total. The maximum atomic E-state index is 12.2. The Morgan fingerprint density at radius 1 is 1.08 bits per heavy atom. The summed E-state index contributed by atoms with van der Waals surface area (Å²) in [5.74, 6) is 0.782. The monoisotopic (exact) mass is 321 g/mol. The molecule has 1 amide bonds. The Bertz CT molecular complexity index is 849. The number of aromatic nitrogens is 2. The average molecular weight is 321 g/mol. The van der Waals surface area contributed by atoms with Gasteiger partial charge in [0.25, 0.3) is 0 Å². The Morgan fingerprint density at radius 2 is 1.75 bits per heavy atom. The van der Waals surface area contributed by atoms with Gasteiger partial charge in [-0.25, -0.2) is 4.98 Å². The molecule has 0 aliphatic carbocycles. The number of hydrogen-bond acceptors (Lipinski definition) is 3. The van der Waals surface area contributed by atoms with Gasteiger partial charge in [0.2, 0.25) is 5.91 Å². The number of nitrogens with one attached hydrogen (secondary N) is 2.